The number of carbonyl (C=O) groups excluding carboxylic acids is 1. The van der Waals surface area contributed by atoms with Crippen LogP contribution in [-0.2, 0) is 7.05 Å². The van der Waals surface area contributed by atoms with Crippen molar-refractivity contribution in [2.75, 3.05) is 5.32 Å². The molecule has 0 aliphatic heterocycles. The van der Waals surface area contributed by atoms with Gasteiger partial charge in [-0.3, -0.25) is 9.59 Å². The zero-order valence-corrected chi connectivity index (χ0v) is 14.2. The average Bonchev–Trinajstić information content (AvgIpc) is 2.85. The lowest BCUT2D eigenvalue weighted by molar-refractivity contribution is 0.103. The van der Waals surface area contributed by atoms with E-state index in [1.54, 1.807) is 14.0 Å². The van der Waals surface area contributed by atoms with Gasteiger partial charge in [-0.25, -0.2) is 4.98 Å². The van der Waals surface area contributed by atoms with Crippen LogP contribution in [-0.4, -0.2) is 15.5 Å². The molecule has 5 nitrogen and oxygen atoms in total. The molecule has 1 aromatic carbocycles. The Morgan fingerprint density at radius 3 is 2.70 bits per heavy atom. The number of rotatable bonds is 2. The topological polar surface area (TPSA) is 64.0 Å². The minimum Gasteiger partial charge on any atom is -0.321 e. The first kappa shape index (κ1) is 15.4. The van der Waals surface area contributed by atoms with E-state index in [-0.39, 0.29) is 11.5 Å². The maximum absolute atomic E-state index is 12.6. The summed E-state index contributed by atoms with van der Waals surface area (Å²) in [6.45, 7) is 5.77. The van der Waals surface area contributed by atoms with Gasteiger partial charge in [0.1, 0.15) is 4.83 Å². The van der Waals surface area contributed by atoms with Crippen molar-refractivity contribution in [3.05, 3.63) is 56.4 Å². The third-order valence-electron chi connectivity index (χ3n) is 4.07. The highest BCUT2D eigenvalue weighted by atomic mass is 32.1. The van der Waals surface area contributed by atoms with Crippen LogP contribution in [0.4, 0.5) is 5.69 Å². The molecule has 3 aromatic rings. The molecule has 0 saturated carbocycles. The quantitative estimate of drug-likeness (QED) is 0.786. The minimum absolute atomic E-state index is 0.130. The number of benzene rings is 1. The molecule has 1 N–H and O–H groups in total. The number of nitrogens with zero attached hydrogens (tertiary/aromatic N) is 2. The van der Waals surface area contributed by atoms with E-state index in [0.717, 1.165) is 16.8 Å². The van der Waals surface area contributed by atoms with Gasteiger partial charge in [0.2, 0.25) is 0 Å². The smallest absolute Gasteiger partial charge is 0.266 e. The maximum Gasteiger partial charge on any atom is 0.266 e. The van der Waals surface area contributed by atoms with Gasteiger partial charge in [-0.1, -0.05) is 12.1 Å². The Morgan fingerprint density at radius 2 is 1.96 bits per heavy atom. The predicted octanol–water partition coefficient (Wildman–Crippen LogP) is 3.17. The first-order chi connectivity index (χ1) is 10.9. The molecule has 6 heteroatoms. The Bertz CT molecular complexity index is 985. The monoisotopic (exact) mass is 327 g/mol. The summed E-state index contributed by atoms with van der Waals surface area (Å²) >= 11 is 1.25. The Hall–Kier alpha value is -2.47. The van der Waals surface area contributed by atoms with Gasteiger partial charge in [-0.15, -0.1) is 11.3 Å². The Kier molecular flexibility index (Phi) is 3.77. The Morgan fingerprint density at radius 1 is 1.22 bits per heavy atom. The van der Waals surface area contributed by atoms with Crippen molar-refractivity contribution in [3.8, 4) is 0 Å². The van der Waals surface area contributed by atoms with Crippen molar-refractivity contribution in [2.24, 2.45) is 7.05 Å². The zero-order chi connectivity index (χ0) is 16.7. The summed E-state index contributed by atoms with van der Waals surface area (Å²) in [6, 6.07) is 5.79. The molecule has 0 aliphatic rings. The second-order valence-electron chi connectivity index (χ2n) is 5.60. The third kappa shape index (κ3) is 2.55. The summed E-state index contributed by atoms with van der Waals surface area (Å²) in [4.78, 5) is 30.2. The number of nitrogens with one attached hydrogen (secondary N) is 1. The Balaban J connectivity index is 2.05. The van der Waals surface area contributed by atoms with E-state index in [9.17, 15) is 9.59 Å². The number of hydrogen-bond acceptors (Lipinski definition) is 4. The van der Waals surface area contributed by atoms with Crippen LogP contribution in [0.5, 0.6) is 0 Å². The second kappa shape index (κ2) is 5.62. The standard InChI is InChI=1S/C17H17N3O2S/c1-9-6-5-7-12(10(9)2)19-15(21)14-11(3)13-16(23-14)18-8-20(4)17(13)22/h5-8H,1-4H3,(H,19,21). The average molecular weight is 327 g/mol. The summed E-state index contributed by atoms with van der Waals surface area (Å²) in [7, 11) is 1.65. The number of thiophene rings is 1. The maximum atomic E-state index is 12.6. The number of amides is 1. The van der Waals surface area contributed by atoms with Crippen LogP contribution in [0.2, 0.25) is 0 Å². The molecule has 0 aliphatic carbocycles. The number of fused-ring (bicyclic) bond motifs is 1. The molecule has 2 heterocycles. The molecule has 23 heavy (non-hydrogen) atoms. The van der Waals surface area contributed by atoms with Crippen LogP contribution in [0.25, 0.3) is 10.2 Å². The zero-order valence-electron chi connectivity index (χ0n) is 13.4. The van der Waals surface area contributed by atoms with E-state index in [1.165, 1.54) is 22.2 Å². The second-order valence-corrected chi connectivity index (χ2v) is 6.60. The van der Waals surface area contributed by atoms with Gasteiger partial charge in [-0.05, 0) is 43.5 Å². The number of aromatic nitrogens is 2. The van der Waals surface area contributed by atoms with E-state index < -0.39 is 0 Å². The summed E-state index contributed by atoms with van der Waals surface area (Å²) < 4.78 is 1.43. The van der Waals surface area contributed by atoms with Crippen molar-refractivity contribution in [1.82, 2.24) is 9.55 Å². The minimum atomic E-state index is -0.207. The van der Waals surface area contributed by atoms with Crippen molar-refractivity contribution >= 4 is 33.1 Å². The summed E-state index contributed by atoms with van der Waals surface area (Å²) in [5.41, 5.74) is 3.49. The summed E-state index contributed by atoms with van der Waals surface area (Å²) in [6.07, 6.45) is 1.48. The van der Waals surface area contributed by atoms with Gasteiger partial charge < -0.3 is 9.88 Å². The lowest BCUT2D eigenvalue weighted by Crippen LogP contribution is -2.17. The van der Waals surface area contributed by atoms with Gasteiger partial charge in [0, 0.05) is 12.7 Å². The lowest BCUT2D eigenvalue weighted by atomic mass is 10.1. The molecule has 1 amide bonds. The Labute approximate surface area is 137 Å². The molecule has 0 bridgehead atoms. The van der Waals surface area contributed by atoms with Crippen molar-refractivity contribution in [3.63, 3.8) is 0 Å². The molecule has 2 aromatic heterocycles. The SMILES string of the molecule is Cc1cccc(NC(=O)c2sc3ncn(C)c(=O)c3c2C)c1C. The van der Waals surface area contributed by atoms with Crippen molar-refractivity contribution in [1.29, 1.82) is 0 Å². The van der Waals surface area contributed by atoms with Gasteiger partial charge in [0.25, 0.3) is 11.5 Å². The van der Waals surface area contributed by atoms with Gasteiger partial charge >= 0.3 is 0 Å². The molecule has 3 rings (SSSR count). The van der Waals surface area contributed by atoms with Gasteiger partial charge in [-0.2, -0.15) is 0 Å². The molecule has 118 valence electrons. The van der Waals surface area contributed by atoms with E-state index in [1.807, 2.05) is 32.0 Å². The van der Waals surface area contributed by atoms with Crippen LogP contribution in [0.15, 0.2) is 29.3 Å². The number of anilines is 1. The van der Waals surface area contributed by atoms with E-state index >= 15 is 0 Å². The first-order valence-corrected chi connectivity index (χ1v) is 8.04. The predicted molar refractivity (Wildman–Crippen MR) is 93.5 cm³/mol. The molecular weight excluding hydrogens is 310 g/mol. The highest BCUT2D eigenvalue weighted by Crippen LogP contribution is 2.28. The largest absolute Gasteiger partial charge is 0.321 e. The van der Waals surface area contributed by atoms with Crippen molar-refractivity contribution < 1.29 is 4.79 Å². The molecule has 0 unspecified atom stereocenters. The van der Waals surface area contributed by atoms with Crippen LogP contribution in [0, 0.1) is 20.8 Å². The molecule has 0 saturated heterocycles. The number of hydrogen-bond donors (Lipinski definition) is 1. The molecule has 0 atom stereocenters. The van der Waals surface area contributed by atoms with E-state index in [4.69, 9.17) is 0 Å². The fraction of sp³-hybridized carbons (Fsp3) is 0.235. The molecular formula is C17H17N3O2S. The summed E-state index contributed by atoms with van der Waals surface area (Å²) in [5, 5.41) is 3.46. The number of aryl methyl sites for hydroxylation is 3. The lowest BCUT2D eigenvalue weighted by Gasteiger charge is -2.09. The van der Waals surface area contributed by atoms with Crippen LogP contribution in [0.3, 0.4) is 0 Å². The molecule has 0 fully saturated rings. The van der Waals surface area contributed by atoms with Gasteiger partial charge in [0.05, 0.1) is 16.6 Å². The fourth-order valence-corrected chi connectivity index (χ4v) is 3.53. The van der Waals surface area contributed by atoms with Crippen LogP contribution >= 0.6 is 11.3 Å². The van der Waals surface area contributed by atoms with Crippen LogP contribution < -0.4 is 10.9 Å². The highest BCUT2D eigenvalue weighted by molar-refractivity contribution is 7.20. The summed E-state index contributed by atoms with van der Waals surface area (Å²) in [5.74, 6) is -0.207. The van der Waals surface area contributed by atoms with Crippen molar-refractivity contribution in [2.45, 2.75) is 20.8 Å². The van der Waals surface area contributed by atoms with Crippen LogP contribution in [0.1, 0.15) is 26.4 Å². The highest BCUT2D eigenvalue weighted by Gasteiger charge is 2.19. The molecule has 0 radical (unpaired) electrons. The normalized spacial score (nSPS) is 11.0. The van der Waals surface area contributed by atoms with E-state index in [0.29, 0.717) is 20.7 Å². The number of carbonyl (C=O) groups is 1. The van der Waals surface area contributed by atoms with Gasteiger partial charge in [0.15, 0.2) is 0 Å². The van der Waals surface area contributed by atoms with E-state index in [2.05, 4.69) is 10.3 Å². The third-order valence-corrected chi connectivity index (χ3v) is 5.27. The molecule has 0 spiro atoms. The first-order valence-electron chi connectivity index (χ1n) is 7.22. The fourth-order valence-electron chi connectivity index (χ4n) is 2.49.